The molecule has 3 rings (SSSR count). The molecule has 0 aromatic heterocycles. The molecule has 0 N–H and O–H groups in total. The molecule has 2 saturated heterocycles. The molecule has 0 spiro atoms. The highest BCUT2D eigenvalue weighted by molar-refractivity contribution is 5.81. The van der Waals surface area contributed by atoms with Crippen LogP contribution in [0, 0.1) is 0 Å². The van der Waals surface area contributed by atoms with E-state index in [1.54, 1.807) is 5.06 Å². The summed E-state index contributed by atoms with van der Waals surface area (Å²) in [5, 5.41) is 1.80. The SMILES string of the molecule is CCOC(=O)[C@]1(C)CC[C@@]2(c3ccccc3)ON12. The molecule has 0 radical (unpaired) electrons. The molecule has 0 bridgehead atoms. The number of fused-ring (bicyclic) bond motifs is 1. The molecular weight excluding hydrogens is 230 g/mol. The van der Waals surface area contributed by atoms with E-state index in [-0.39, 0.29) is 5.97 Å². The summed E-state index contributed by atoms with van der Waals surface area (Å²) in [6, 6.07) is 10.0. The Balaban J connectivity index is 1.85. The Bertz CT molecular complexity index is 475. The summed E-state index contributed by atoms with van der Waals surface area (Å²) in [5.74, 6) is -0.194. The van der Waals surface area contributed by atoms with Crippen LogP contribution in [0.4, 0.5) is 0 Å². The van der Waals surface area contributed by atoms with Gasteiger partial charge in [0.2, 0.25) is 0 Å². The van der Waals surface area contributed by atoms with Crippen molar-refractivity contribution < 1.29 is 14.4 Å². The van der Waals surface area contributed by atoms with Crippen molar-refractivity contribution in [1.82, 2.24) is 5.06 Å². The summed E-state index contributed by atoms with van der Waals surface area (Å²) in [4.78, 5) is 17.8. The number of ether oxygens (including phenoxy) is 1. The third-order valence-electron chi connectivity index (χ3n) is 3.88. The van der Waals surface area contributed by atoms with Crippen molar-refractivity contribution in [2.75, 3.05) is 6.61 Å². The van der Waals surface area contributed by atoms with Crippen molar-refractivity contribution in [3.63, 3.8) is 0 Å². The fraction of sp³-hybridized carbons (Fsp3) is 0.500. The first-order chi connectivity index (χ1) is 8.63. The molecule has 0 amide bonds. The molecule has 2 aliphatic rings. The van der Waals surface area contributed by atoms with Crippen LogP contribution >= 0.6 is 0 Å². The lowest BCUT2D eigenvalue weighted by atomic mass is 9.98. The smallest absolute Gasteiger partial charge is 0.328 e. The molecule has 96 valence electrons. The van der Waals surface area contributed by atoms with Crippen molar-refractivity contribution in [3.8, 4) is 0 Å². The Morgan fingerprint density at radius 3 is 2.72 bits per heavy atom. The third-order valence-corrected chi connectivity index (χ3v) is 3.88. The van der Waals surface area contributed by atoms with Crippen LogP contribution in [-0.4, -0.2) is 23.2 Å². The van der Waals surface area contributed by atoms with Crippen LogP contribution in [0.3, 0.4) is 0 Å². The monoisotopic (exact) mass is 247 g/mol. The fourth-order valence-electron chi connectivity index (χ4n) is 2.78. The van der Waals surface area contributed by atoms with E-state index in [0.29, 0.717) is 6.61 Å². The Labute approximate surface area is 106 Å². The van der Waals surface area contributed by atoms with Crippen LogP contribution in [0.25, 0.3) is 0 Å². The molecule has 2 aliphatic heterocycles. The van der Waals surface area contributed by atoms with Gasteiger partial charge in [-0.05, 0) is 20.3 Å². The number of nitrogens with zero attached hydrogens (tertiary/aromatic N) is 1. The van der Waals surface area contributed by atoms with Gasteiger partial charge in [-0.15, -0.1) is 5.06 Å². The summed E-state index contributed by atoms with van der Waals surface area (Å²) in [5.41, 5.74) is 0.0623. The highest BCUT2D eigenvalue weighted by atomic mass is 16.9. The lowest BCUT2D eigenvalue weighted by Crippen LogP contribution is -2.42. The number of esters is 1. The molecule has 2 fully saturated rings. The van der Waals surface area contributed by atoms with Gasteiger partial charge in [-0.3, -0.25) is 4.84 Å². The van der Waals surface area contributed by atoms with Crippen LogP contribution in [0.2, 0.25) is 0 Å². The maximum absolute atomic E-state index is 12.0. The molecular formula is C14H17NO3. The van der Waals surface area contributed by atoms with E-state index in [1.807, 2.05) is 44.2 Å². The van der Waals surface area contributed by atoms with Crippen LogP contribution in [-0.2, 0) is 20.1 Å². The quantitative estimate of drug-likeness (QED) is 0.606. The summed E-state index contributed by atoms with van der Waals surface area (Å²) in [6.45, 7) is 4.12. The third kappa shape index (κ3) is 1.42. The van der Waals surface area contributed by atoms with Gasteiger partial charge in [0.25, 0.3) is 0 Å². The minimum absolute atomic E-state index is 0.194. The predicted molar refractivity (Wildman–Crippen MR) is 65.3 cm³/mol. The second kappa shape index (κ2) is 3.80. The maximum Gasteiger partial charge on any atom is 0.328 e. The van der Waals surface area contributed by atoms with Gasteiger partial charge in [-0.25, -0.2) is 4.79 Å². The number of hydrogen-bond acceptors (Lipinski definition) is 4. The Morgan fingerprint density at radius 1 is 1.39 bits per heavy atom. The van der Waals surface area contributed by atoms with Crippen molar-refractivity contribution >= 4 is 5.97 Å². The van der Waals surface area contributed by atoms with Crippen LogP contribution < -0.4 is 0 Å². The number of carbonyl (C=O) groups excluding carboxylic acids is 1. The van der Waals surface area contributed by atoms with E-state index in [0.717, 1.165) is 18.4 Å². The Hall–Kier alpha value is -1.39. The van der Waals surface area contributed by atoms with Crippen LogP contribution in [0.5, 0.6) is 0 Å². The zero-order valence-corrected chi connectivity index (χ0v) is 10.7. The predicted octanol–water partition coefficient (Wildman–Crippen LogP) is 2.20. The first kappa shape index (κ1) is 11.7. The summed E-state index contributed by atoms with van der Waals surface area (Å²) < 4.78 is 5.15. The van der Waals surface area contributed by atoms with Crippen molar-refractivity contribution in [1.29, 1.82) is 0 Å². The van der Waals surface area contributed by atoms with Crippen LogP contribution in [0.1, 0.15) is 32.3 Å². The van der Waals surface area contributed by atoms with Gasteiger partial charge in [-0.2, -0.15) is 0 Å². The van der Waals surface area contributed by atoms with Gasteiger partial charge in [0.05, 0.1) is 6.61 Å². The normalized spacial score (nSPS) is 37.1. The maximum atomic E-state index is 12.0. The summed E-state index contributed by atoms with van der Waals surface area (Å²) in [7, 11) is 0. The zero-order chi connectivity index (χ0) is 12.8. The lowest BCUT2D eigenvalue weighted by molar-refractivity contribution is -0.157. The molecule has 4 heteroatoms. The topological polar surface area (TPSA) is 41.8 Å². The first-order valence-corrected chi connectivity index (χ1v) is 6.36. The fourth-order valence-corrected chi connectivity index (χ4v) is 2.78. The van der Waals surface area contributed by atoms with E-state index >= 15 is 0 Å². The van der Waals surface area contributed by atoms with Crippen LogP contribution in [0.15, 0.2) is 30.3 Å². The van der Waals surface area contributed by atoms with Gasteiger partial charge >= 0.3 is 5.97 Å². The largest absolute Gasteiger partial charge is 0.465 e. The number of hydroxylamine groups is 2. The molecule has 18 heavy (non-hydrogen) atoms. The van der Waals surface area contributed by atoms with Gasteiger partial charge in [0.1, 0.15) is 5.54 Å². The standard InChI is InChI=1S/C14H17NO3/c1-3-17-12(16)13(2)9-10-14(15(13)18-14)11-7-5-4-6-8-11/h4-8H,3,9-10H2,1-2H3/t13-,14-,15?/m0/s1. The average molecular weight is 247 g/mol. The zero-order valence-electron chi connectivity index (χ0n) is 10.7. The van der Waals surface area contributed by atoms with E-state index in [4.69, 9.17) is 9.57 Å². The summed E-state index contributed by atoms with van der Waals surface area (Å²) in [6.07, 6.45) is 1.59. The Kier molecular flexibility index (Phi) is 2.47. The Morgan fingerprint density at radius 2 is 2.11 bits per heavy atom. The van der Waals surface area contributed by atoms with E-state index < -0.39 is 11.3 Å². The molecule has 4 nitrogen and oxygen atoms in total. The van der Waals surface area contributed by atoms with E-state index in [1.165, 1.54) is 0 Å². The number of hydrogen-bond donors (Lipinski definition) is 0. The molecule has 1 aromatic rings. The molecule has 2 heterocycles. The summed E-state index contributed by atoms with van der Waals surface area (Å²) >= 11 is 0. The molecule has 1 unspecified atom stereocenters. The van der Waals surface area contributed by atoms with Gasteiger partial charge < -0.3 is 4.74 Å². The minimum Gasteiger partial charge on any atom is -0.465 e. The van der Waals surface area contributed by atoms with Crippen molar-refractivity contribution in [3.05, 3.63) is 35.9 Å². The van der Waals surface area contributed by atoms with Gasteiger partial charge in [-0.1, -0.05) is 30.3 Å². The highest BCUT2D eigenvalue weighted by Crippen LogP contribution is 2.60. The second-order valence-corrected chi connectivity index (χ2v) is 5.03. The molecule has 3 atom stereocenters. The van der Waals surface area contributed by atoms with E-state index in [2.05, 4.69) is 0 Å². The molecule has 0 saturated carbocycles. The average Bonchev–Trinajstić information content (AvgIpc) is 3.08. The van der Waals surface area contributed by atoms with Gasteiger partial charge in [0, 0.05) is 12.0 Å². The number of carbonyl (C=O) groups is 1. The second-order valence-electron chi connectivity index (χ2n) is 5.03. The highest BCUT2D eigenvalue weighted by Gasteiger charge is 2.71. The molecule has 0 aliphatic carbocycles. The van der Waals surface area contributed by atoms with E-state index in [9.17, 15) is 4.79 Å². The number of rotatable bonds is 3. The van der Waals surface area contributed by atoms with Gasteiger partial charge in [0.15, 0.2) is 5.72 Å². The lowest BCUT2D eigenvalue weighted by Gasteiger charge is -2.21. The first-order valence-electron chi connectivity index (χ1n) is 6.36. The minimum atomic E-state index is -0.647. The molecule has 1 aromatic carbocycles. The van der Waals surface area contributed by atoms with Crippen molar-refractivity contribution in [2.24, 2.45) is 0 Å². The van der Waals surface area contributed by atoms with Crippen molar-refractivity contribution in [2.45, 2.75) is 38.0 Å². The number of benzene rings is 1.